The lowest BCUT2D eigenvalue weighted by molar-refractivity contribution is -0.115. The number of fused-ring (bicyclic) bond motifs is 3. The minimum Gasteiger partial charge on any atom is -0.505 e. The summed E-state index contributed by atoms with van der Waals surface area (Å²) in [5.74, 6) is 0.321. The number of carbonyl (C=O) groups is 1. The minimum absolute atomic E-state index is 0.0678. The Hall–Kier alpha value is -1.60. The van der Waals surface area contributed by atoms with Crippen LogP contribution in [0.4, 0.5) is 0 Å². The number of aromatic nitrogens is 1. The number of Topliss-reactive ketones (excluding diaryl/α,β-unsaturated/α-hetero) is 1. The zero-order valence-corrected chi connectivity index (χ0v) is 9.63. The second kappa shape index (κ2) is 3.19. The van der Waals surface area contributed by atoms with Crippen molar-refractivity contribution >= 4 is 32.0 Å². The summed E-state index contributed by atoms with van der Waals surface area (Å²) in [7, 11) is 2.41. The summed E-state index contributed by atoms with van der Waals surface area (Å²) in [5, 5.41) is 11.5. The third-order valence-corrected chi connectivity index (χ3v) is 3.39. The van der Waals surface area contributed by atoms with Crippen molar-refractivity contribution in [3.05, 3.63) is 35.3 Å². The van der Waals surface area contributed by atoms with Gasteiger partial charge in [-0.3, -0.25) is 4.79 Å². The van der Waals surface area contributed by atoms with Gasteiger partial charge in [-0.05, 0) is 18.2 Å². The standard InChI is InChI=1S/C12H10NO2P/c14-10-6-13-8-4-2-1-3-7(8)12(15)9(13)5-11(10)16/h1-5,15H,6,16H2. The van der Waals surface area contributed by atoms with E-state index >= 15 is 0 Å². The van der Waals surface area contributed by atoms with E-state index in [1.165, 1.54) is 0 Å². The maximum Gasteiger partial charge on any atom is 0.182 e. The molecule has 16 heavy (non-hydrogen) atoms. The van der Waals surface area contributed by atoms with E-state index in [0.29, 0.717) is 17.6 Å². The van der Waals surface area contributed by atoms with Crippen molar-refractivity contribution < 1.29 is 9.90 Å². The summed E-state index contributed by atoms with van der Waals surface area (Å²) < 4.78 is 1.85. The first kappa shape index (κ1) is 9.61. The third-order valence-electron chi connectivity index (χ3n) is 2.90. The Labute approximate surface area is 94.6 Å². The average molecular weight is 231 g/mol. The zero-order chi connectivity index (χ0) is 11.3. The second-order valence-electron chi connectivity index (χ2n) is 3.86. The molecule has 0 saturated heterocycles. The Morgan fingerprint density at radius 3 is 2.88 bits per heavy atom. The van der Waals surface area contributed by atoms with Crippen LogP contribution in [-0.2, 0) is 11.3 Å². The first-order valence-corrected chi connectivity index (χ1v) is 5.57. The van der Waals surface area contributed by atoms with Gasteiger partial charge in [-0.1, -0.05) is 12.1 Å². The third kappa shape index (κ3) is 1.15. The molecule has 0 spiro atoms. The summed E-state index contributed by atoms with van der Waals surface area (Å²) in [4.78, 5) is 11.6. The molecule has 4 heteroatoms. The van der Waals surface area contributed by atoms with Crippen molar-refractivity contribution in [2.45, 2.75) is 6.54 Å². The molecule has 0 radical (unpaired) electrons. The van der Waals surface area contributed by atoms with Gasteiger partial charge in [0.15, 0.2) is 5.78 Å². The molecule has 1 aliphatic heterocycles. The van der Waals surface area contributed by atoms with Crippen molar-refractivity contribution in [3.8, 4) is 5.75 Å². The van der Waals surface area contributed by atoms with Crippen LogP contribution in [-0.4, -0.2) is 15.5 Å². The largest absolute Gasteiger partial charge is 0.505 e. The Morgan fingerprint density at radius 2 is 2.06 bits per heavy atom. The number of para-hydroxylation sites is 1. The van der Waals surface area contributed by atoms with Crippen LogP contribution in [0.3, 0.4) is 0 Å². The van der Waals surface area contributed by atoms with Gasteiger partial charge in [-0.2, -0.15) is 0 Å². The van der Waals surface area contributed by atoms with Crippen molar-refractivity contribution in [3.63, 3.8) is 0 Å². The van der Waals surface area contributed by atoms with Gasteiger partial charge in [0.25, 0.3) is 0 Å². The number of rotatable bonds is 0. The predicted octanol–water partition coefficient (Wildman–Crippen LogP) is 2.15. The molecule has 0 bridgehead atoms. The molecule has 1 aromatic carbocycles. The number of benzene rings is 1. The number of hydrogen-bond acceptors (Lipinski definition) is 2. The van der Waals surface area contributed by atoms with Crippen molar-refractivity contribution in [1.29, 1.82) is 0 Å². The van der Waals surface area contributed by atoms with Crippen molar-refractivity contribution in [1.82, 2.24) is 4.57 Å². The SMILES string of the molecule is O=C1Cn2c(c(O)c3ccccc32)C=C1P. The topological polar surface area (TPSA) is 42.2 Å². The smallest absolute Gasteiger partial charge is 0.182 e. The molecule has 0 saturated carbocycles. The van der Waals surface area contributed by atoms with Crippen molar-refractivity contribution in [2.75, 3.05) is 0 Å². The van der Waals surface area contributed by atoms with Gasteiger partial charge in [-0.25, -0.2) is 0 Å². The molecule has 0 aliphatic carbocycles. The zero-order valence-electron chi connectivity index (χ0n) is 8.47. The lowest BCUT2D eigenvalue weighted by atomic mass is 10.2. The van der Waals surface area contributed by atoms with E-state index in [9.17, 15) is 9.90 Å². The van der Waals surface area contributed by atoms with Crippen LogP contribution in [0.5, 0.6) is 5.75 Å². The van der Waals surface area contributed by atoms with Crippen LogP contribution in [0, 0.1) is 0 Å². The molecular formula is C12H10NO2P. The van der Waals surface area contributed by atoms with E-state index in [2.05, 4.69) is 9.24 Å². The van der Waals surface area contributed by atoms with Gasteiger partial charge in [-0.15, -0.1) is 9.24 Å². The molecule has 1 aromatic heterocycles. The summed E-state index contributed by atoms with van der Waals surface area (Å²) in [6, 6.07) is 7.55. The summed E-state index contributed by atoms with van der Waals surface area (Å²) in [5.41, 5.74) is 1.61. The van der Waals surface area contributed by atoms with Gasteiger partial charge in [0.1, 0.15) is 5.75 Å². The first-order valence-electron chi connectivity index (χ1n) is 4.99. The number of nitrogens with zero attached hydrogens (tertiary/aromatic N) is 1. The highest BCUT2D eigenvalue weighted by Crippen LogP contribution is 2.36. The molecule has 0 amide bonds. The normalized spacial score (nSPS) is 15.1. The highest BCUT2D eigenvalue weighted by Gasteiger charge is 2.21. The quantitative estimate of drug-likeness (QED) is 0.706. The predicted molar refractivity (Wildman–Crippen MR) is 66.3 cm³/mol. The minimum atomic E-state index is 0.0678. The molecule has 0 fully saturated rings. The van der Waals surface area contributed by atoms with Gasteiger partial charge in [0.2, 0.25) is 0 Å². The molecule has 2 heterocycles. The number of allylic oxidation sites excluding steroid dienone is 1. The molecule has 3 nitrogen and oxygen atoms in total. The van der Waals surface area contributed by atoms with Crippen LogP contribution in [0.1, 0.15) is 5.69 Å². The van der Waals surface area contributed by atoms with E-state index in [4.69, 9.17) is 0 Å². The number of hydrogen-bond donors (Lipinski definition) is 1. The maximum atomic E-state index is 11.6. The molecule has 2 aromatic rings. The van der Waals surface area contributed by atoms with E-state index in [0.717, 1.165) is 10.9 Å². The second-order valence-corrected chi connectivity index (χ2v) is 4.48. The number of aromatic hydroxyl groups is 1. The monoisotopic (exact) mass is 231 g/mol. The van der Waals surface area contributed by atoms with Crippen LogP contribution in [0.15, 0.2) is 29.6 Å². The Morgan fingerprint density at radius 1 is 1.31 bits per heavy atom. The van der Waals surface area contributed by atoms with Crippen LogP contribution in [0.25, 0.3) is 17.0 Å². The highest BCUT2D eigenvalue weighted by molar-refractivity contribution is 7.25. The fraction of sp³-hybridized carbons (Fsp3) is 0.0833. The molecular weight excluding hydrogens is 221 g/mol. The fourth-order valence-corrected chi connectivity index (χ4v) is 2.33. The summed E-state index contributed by atoms with van der Waals surface area (Å²) in [6.45, 7) is 0.297. The number of ketones is 1. The summed E-state index contributed by atoms with van der Waals surface area (Å²) >= 11 is 0. The van der Waals surface area contributed by atoms with Crippen LogP contribution >= 0.6 is 9.24 Å². The first-order chi connectivity index (χ1) is 7.68. The lowest BCUT2D eigenvalue weighted by Crippen LogP contribution is -2.15. The maximum absolute atomic E-state index is 11.6. The number of carbonyl (C=O) groups excluding carboxylic acids is 1. The van der Waals surface area contributed by atoms with Crippen LogP contribution in [0.2, 0.25) is 0 Å². The van der Waals surface area contributed by atoms with Gasteiger partial charge >= 0.3 is 0 Å². The Bertz CT molecular complexity index is 640. The molecule has 1 aliphatic rings. The van der Waals surface area contributed by atoms with E-state index in [-0.39, 0.29) is 11.5 Å². The lowest BCUT2D eigenvalue weighted by Gasteiger charge is -2.13. The van der Waals surface area contributed by atoms with E-state index in [1.54, 1.807) is 6.08 Å². The van der Waals surface area contributed by atoms with Gasteiger partial charge in [0, 0.05) is 10.7 Å². The Kier molecular flexibility index (Phi) is 1.92. The van der Waals surface area contributed by atoms with Crippen LogP contribution < -0.4 is 0 Å². The van der Waals surface area contributed by atoms with E-state index < -0.39 is 0 Å². The molecule has 1 N–H and O–H groups in total. The van der Waals surface area contributed by atoms with Crippen molar-refractivity contribution in [2.24, 2.45) is 0 Å². The van der Waals surface area contributed by atoms with Gasteiger partial charge < -0.3 is 9.67 Å². The van der Waals surface area contributed by atoms with E-state index in [1.807, 2.05) is 28.8 Å². The molecule has 1 atom stereocenters. The molecule has 1 unspecified atom stereocenters. The average Bonchev–Trinajstić information content (AvgIpc) is 2.55. The summed E-state index contributed by atoms with van der Waals surface area (Å²) in [6.07, 6.45) is 1.71. The Balaban J connectivity index is 2.43. The fourth-order valence-electron chi connectivity index (χ4n) is 2.08. The van der Waals surface area contributed by atoms with Gasteiger partial charge in [0.05, 0.1) is 17.8 Å². The molecule has 80 valence electrons. The molecule has 3 rings (SSSR count). The highest BCUT2D eigenvalue weighted by atomic mass is 31.0.